The molecule has 6 heteroatoms. The Hall–Kier alpha value is -2.96. The van der Waals surface area contributed by atoms with Gasteiger partial charge in [-0.2, -0.15) is 4.99 Å². The number of carbonyl (C=O) groups excluding carboxylic acids is 1. The molecule has 1 aromatic heterocycles. The van der Waals surface area contributed by atoms with Crippen molar-refractivity contribution in [1.29, 1.82) is 0 Å². The average molecular weight is 421 g/mol. The van der Waals surface area contributed by atoms with Crippen LogP contribution in [0.5, 0.6) is 5.75 Å². The number of rotatable bonds is 7. The Morgan fingerprint density at radius 1 is 1.00 bits per heavy atom. The minimum absolute atomic E-state index is 0.299. The molecule has 0 aliphatic heterocycles. The molecule has 0 aliphatic carbocycles. The van der Waals surface area contributed by atoms with Crippen LogP contribution in [0.2, 0.25) is 0 Å². The zero-order chi connectivity index (χ0) is 20.9. The summed E-state index contributed by atoms with van der Waals surface area (Å²) in [6.45, 7) is 6.22. The maximum atomic E-state index is 13.4. The van der Waals surface area contributed by atoms with Gasteiger partial charge in [-0.1, -0.05) is 53.8 Å². The van der Waals surface area contributed by atoms with Crippen molar-refractivity contribution >= 4 is 38.2 Å². The number of benzene rings is 3. The molecule has 0 radical (unpaired) electrons. The van der Waals surface area contributed by atoms with Crippen molar-refractivity contribution in [2.75, 3.05) is 19.8 Å². The summed E-state index contributed by atoms with van der Waals surface area (Å²) in [7, 11) is 0. The molecular formula is C24H24N2O3S. The van der Waals surface area contributed by atoms with Crippen LogP contribution in [0.4, 0.5) is 0 Å². The van der Waals surface area contributed by atoms with Crippen molar-refractivity contribution < 1.29 is 14.3 Å². The Bertz CT molecular complexity index is 1260. The lowest BCUT2D eigenvalue weighted by atomic mass is 10.0. The van der Waals surface area contributed by atoms with Crippen LogP contribution in [0.15, 0.2) is 65.7 Å². The van der Waals surface area contributed by atoms with Gasteiger partial charge in [0.05, 0.1) is 29.0 Å². The number of ether oxygens (including phenoxy) is 2. The van der Waals surface area contributed by atoms with Gasteiger partial charge in [-0.15, -0.1) is 0 Å². The minimum atomic E-state index is -0.299. The SMILES string of the molecule is CCOCCn1c(=NC(=O)c2c(OCC)ccc3ccccc23)sc2ccccc21. The molecule has 0 saturated heterocycles. The lowest BCUT2D eigenvalue weighted by molar-refractivity contribution is 0.0994. The molecular weight excluding hydrogens is 396 g/mol. The van der Waals surface area contributed by atoms with Gasteiger partial charge in [0.25, 0.3) is 5.91 Å². The molecule has 5 nitrogen and oxygen atoms in total. The first kappa shape index (κ1) is 20.3. The largest absolute Gasteiger partial charge is 0.493 e. The van der Waals surface area contributed by atoms with Gasteiger partial charge in [-0.3, -0.25) is 4.79 Å². The topological polar surface area (TPSA) is 52.8 Å². The van der Waals surface area contributed by atoms with Crippen LogP contribution < -0.4 is 9.54 Å². The number of aromatic nitrogens is 1. The van der Waals surface area contributed by atoms with E-state index in [-0.39, 0.29) is 5.91 Å². The maximum Gasteiger partial charge on any atom is 0.284 e. The molecule has 0 N–H and O–H groups in total. The van der Waals surface area contributed by atoms with Crippen LogP contribution in [0, 0.1) is 0 Å². The van der Waals surface area contributed by atoms with Gasteiger partial charge >= 0.3 is 0 Å². The number of thiazole rings is 1. The van der Waals surface area contributed by atoms with Crippen molar-refractivity contribution in [3.63, 3.8) is 0 Å². The quantitative estimate of drug-likeness (QED) is 0.394. The van der Waals surface area contributed by atoms with E-state index < -0.39 is 0 Å². The molecule has 0 aliphatic rings. The summed E-state index contributed by atoms with van der Waals surface area (Å²) >= 11 is 1.51. The molecule has 154 valence electrons. The van der Waals surface area contributed by atoms with Gasteiger partial charge in [0.1, 0.15) is 5.75 Å². The van der Waals surface area contributed by atoms with Gasteiger partial charge in [-0.25, -0.2) is 0 Å². The van der Waals surface area contributed by atoms with Crippen LogP contribution in [0.1, 0.15) is 24.2 Å². The maximum absolute atomic E-state index is 13.4. The highest BCUT2D eigenvalue weighted by molar-refractivity contribution is 7.16. The Balaban J connectivity index is 1.86. The fourth-order valence-corrected chi connectivity index (χ4v) is 4.57. The molecule has 30 heavy (non-hydrogen) atoms. The summed E-state index contributed by atoms with van der Waals surface area (Å²) in [5.41, 5.74) is 1.56. The normalized spacial score (nSPS) is 12.0. The van der Waals surface area contributed by atoms with Crippen LogP contribution in [-0.2, 0) is 11.3 Å². The Labute approximate surface area is 179 Å². The van der Waals surface area contributed by atoms with E-state index >= 15 is 0 Å². The highest BCUT2D eigenvalue weighted by Crippen LogP contribution is 2.29. The minimum Gasteiger partial charge on any atom is -0.493 e. The van der Waals surface area contributed by atoms with E-state index in [1.165, 1.54) is 11.3 Å². The monoisotopic (exact) mass is 420 g/mol. The van der Waals surface area contributed by atoms with E-state index in [9.17, 15) is 4.79 Å². The van der Waals surface area contributed by atoms with Gasteiger partial charge in [0.15, 0.2) is 4.80 Å². The molecule has 0 saturated carbocycles. The summed E-state index contributed by atoms with van der Waals surface area (Å²) in [5, 5.41) is 1.83. The third-order valence-electron chi connectivity index (χ3n) is 4.85. The van der Waals surface area contributed by atoms with Crippen molar-refractivity contribution in [1.82, 2.24) is 4.57 Å². The van der Waals surface area contributed by atoms with Crippen molar-refractivity contribution in [2.24, 2.45) is 4.99 Å². The number of hydrogen-bond donors (Lipinski definition) is 0. The van der Waals surface area contributed by atoms with Gasteiger partial charge in [0, 0.05) is 13.2 Å². The lowest BCUT2D eigenvalue weighted by Gasteiger charge is -2.11. The molecule has 3 aromatic carbocycles. The fourth-order valence-electron chi connectivity index (χ4n) is 3.51. The van der Waals surface area contributed by atoms with E-state index in [1.54, 1.807) is 0 Å². The second-order valence-corrected chi connectivity index (χ2v) is 7.72. The Kier molecular flexibility index (Phi) is 6.26. The van der Waals surface area contributed by atoms with E-state index in [4.69, 9.17) is 9.47 Å². The molecule has 4 aromatic rings. The molecule has 0 bridgehead atoms. The number of amides is 1. The highest BCUT2D eigenvalue weighted by Gasteiger charge is 2.17. The van der Waals surface area contributed by atoms with E-state index in [0.29, 0.717) is 42.5 Å². The third-order valence-corrected chi connectivity index (χ3v) is 5.91. The number of fused-ring (bicyclic) bond motifs is 2. The molecule has 1 heterocycles. The lowest BCUT2D eigenvalue weighted by Crippen LogP contribution is -2.20. The smallest absolute Gasteiger partial charge is 0.284 e. The van der Waals surface area contributed by atoms with Crippen LogP contribution in [0.3, 0.4) is 0 Å². The Morgan fingerprint density at radius 2 is 1.80 bits per heavy atom. The van der Waals surface area contributed by atoms with Gasteiger partial charge in [0.2, 0.25) is 0 Å². The molecule has 4 rings (SSSR count). The number of para-hydroxylation sites is 1. The summed E-state index contributed by atoms with van der Waals surface area (Å²) < 4.78 is 14.5. The first-order valence-corrected chi connectivity index (χ1v) is 10.9. The second-order valence-electron chi connectivity index (χ2n) is 6.71. The zero-order valence-corrected chi connectivity index (χ0v) is 17.9. The van der Waals surface area contributed by atoms with Crippen LogP contribution in [-0.4, -0.2) is 30.3 Å². The fraction of sp³-hybridized carbons (Fsp3) is 0.250. The predicted octanol–water partition coefficient (Wildman–Crippen LogP) is 5.03. The van der Waals surface area contributed by atoms with E-state index in [0.717, 1.165) is 21.0 Å². The number of carbonyl (C=O) groups is 1. The predicted molar refractivity (Wildman–Crippen MR) is 121 cm³/mol. The van der Waals surface area contributed by atoms with Gasteiger partial charge in [-0.05, 0) is 42.8 Å². The van der Waals surface area contributed by atoms with Crippen LogP contribution >= 0.6 is 11.3 Å². The second kappa shape index (κ2) is 9.24. The summed E-state index contributed by atoms with van der Waals surface area (Å²) in [6.07, 6.45) is 0. The molecule has 0 fully saturated rings. The first-order valence-electron chi connectivity index (χ1n) is 10.1. The summed E-state index contributed by atoms with van der Waals surface area (Å²) in [4.78, 5) is 18.6. The molecule has 0 atom stereocenters. The van der Waals surface area contributed by atoms with E-state index in [2.05, 4.69) is 9.56 Å². The van der Waals surface area contributed by atoms with Crippen molar-refractivity contribution in [3.05, 3.63) is 71.0 Å². The first-order chi connectivity index (χ1) is 14.7. The Morgan fingerprint density at radius 3 is 2.63 bits per heavy atom. The number of hydrogen-bond acceptors (Lipinski definition) is 4. The number of nitrogens with zero attached hydrogens (tertiary/aromatic N) is 2. The standard InChI is InChI=1S/C24H24N2O3S/c1-3-28-16-15-26-19-11-7-8-12-21(19)30-24(26)25-23(27)22-18-10-6-5-9-17(18)13-14-20(22)29-4-2/h5-14H,3-4,15-16H2,1-2H3. The summed E-state index contributed by atoms with van der Waals surface area (Å²) in [6, 6.07) is 19.7. The third kappa shape index (κ3) is 4.01. The highest BCUT2D eigenvalue weighted by atomic mass is 32.1. The zero-order valence-electron chi connectivity index (χ0n) is 17.1. The molecule has 0 spiro atoms. The van der Waals surface area contributed by atoms with Crippen molar-refractivity contribution in [2.45, 2.75) is 20.4 Å². The molecule has 1 amide bonds. The van der Waals surface area contributed by atoms with Crippen molar-refractivity contribution in [3.8, 4) is 5.75 Å². The van der Waals surface area contributed by atoms with Gasteiger partial charge < -0.3 is 14.0 Å². The average Bonchev–Trinajstić information content (AvgIpc) is 3.11. The van der Waals surface area contributed by atoms with E-state index in [1.807, 2.05) is 74.5 Å². The summed E-state index contributed by atoms with van der Waals surface area (Å²) in [5.74, 6) is 0.263. The van der Waals surface area contributed by atoms with Crippen LogP contribution in [0.25, 0.3) is 21.0 Å². The molecule has 0 unspecified atom stereocenters.